The molecule has 19 heavy (non-hydrogen) atoms. The maximum atomic E-state index is 11.8. The molecule has 0 aliphatic carbocycles. The van der Waals surface area contributed by atoms with Gasteiger partial charge in [-0.15, -0.1) is 0 Å². The summed E-state index contributed by atoms with van der Waals surface area (Å²) in [6.45, 7) is 0. The number of pyridine rings is 1. The first kappa shape index (κ1) is 13.2. The van der Waals surface area contributed by atoms with Gasteiger partial charge in [-0.2, -0.15) is 0 Å². The van der Waals surface area contributed by atoms with E-state index >= 15 is 0 Å². The van der Waals surface area contributed by atoms with Crippen LogP contribution in [0.15, 0.2) is 53.7 Å². The van der Waals surface area contributed by atoms with Gasteiger partial charge in [-0.3, -0.25) is 9.78 Å². The third-order valence-corrected chi connectivity index (χ3v) is 3.29. The summed E-state index contributed by atoms with van der Waals surface area (Å²) >= 11 is 0. The van der Waals surface area contributed by atoms with Crippen molar-refractivity contribution >= 4 is 21.6 Å². The molecule has 0 spiro atoms. The van der Waals surface area contributed by atoms with E-state index in [0.717, 1.165) is 0 Å². The molecule has 0 fully saturated rings. The smallest absolute Gasteiger partial charge is 0.257 e. The Morgan fingerprint density at radius 2 is 1.84 bits per heavy atom. The number of hydrogen-bond donors (Lipinski definition) is 2. The topological polar surface area (TPSA) is 102 Å². The number of benzene rings is 1. The molecule has 2 rings (SSSR count). The fraction of sp³-hybridized carbons (Fsp3) is 0. The predicted octanol–water partition coefficient (Wildman–Crippen LogP) is 0.981. The van der Waals surface area contributed by atoms with E-state index in [9.17, 15) is 13.2 Å². The van der Waals surface area contributed by atoms with Gasteiger partial charge in [0.2, 0.25) is 10.0 Å². The Morgan fingerprint density at radius 1 is 1.16 bits per heavy atom. The number of carbonyl (C=O) groups is 1. The van der Waals surface area contributed by atoms with E-state index in [0.29, 0.717) is 11.3 Å². The van der Waals surface area contributed by atoms with E-state index in [2.05, 4.69) is 10.3 Å². The quantitative estimate of drug-likeness (QED) is 0.873. The van der Waals surface area contributed by atoms with Crippen LogP contribution in [0, 0.1) is 0 Å². The van der Waals surface area contributed by atoms with Gasteiger partial charge in [0.15, 0.2) is 0 Å². The number of nitrogens with one attached hydrogen (secondary N) is 1. The minimum atomic E-state index is -3.72. The molecule has 1 heterocycles. The summed E-state index contributed by atoms with van der Waals surface area (Å²) in [5, 5.41) is 7.60. The molecule has 0 radical (unpaired) electrons. The van der Waals surface area contributed by atoms with Gasteiger partial charge in [0.1, 0.15) is 0 Å². The number of aromatic nitrogens is 1. The lowest BCUT2D eigenvalue weighted by atomic mass is 10.2. The average molecular weight is 277 g/mol. The van der Waals surface area contributed by atoms with Crippen molar-refractivity contribution in [3.8, 4) is 0 Å². The van der Waals surface area contributed by atoms with Crippen molar-refractivity contribution in [2.24, 2.45) is 5.14 Å². The molecule has 2 aromatic rings. The molecule has 7 heteroatoms. The van der Waals surface area contributed by atoms with Crippen LogP contribution >= 0.6 is 0 Å². The molecule has 0 bridgehead atoms. The predicted molar refractivity (Wildman–Crippen MR) is 70.0 cm³/mol. The molecule has 0 aliphatic rings. The first-order valence-corrected chi connectivity index (χ1v) is 6.86. The van der Waals surface area contributed by atoms with Crippen LogP contribution in [-0.4, -0.2) is 19.3 Å². The monoisotopic (exact) mass is 277 g/mol. The normalized spacial score (nSPS) is 11.0. The van der Waals surface area contributed by atoms with Crippen LogP contribution < -0.4 is 10.5 Å². The second-order valence-electron chi connectivity index (χ2n) is 3.77. The highest BCUT2D eigenvalue weighted by Crippen LogP contribution is 2.13. The number of nitrogens with two attached hydrogens (primary N) is 1. The maximum Gasteiger partial charge on any atom is 0.257 e. The van der Waals surface area contributed by atoms with Crippen LogP contribution in [0.5, 0.6) is 0 Å². The van der Waals surface area contributed by atoms with Gasteiger partial charge in [0.25, 0.3) is 5.91 Å². The van der Waals surface area contributed by atoms with Crippen molar-refractivity contribution < 1.29 is 13.2 Å². The van der Waals surface area contributed by atoms with Gasteiger partial charge in [0, 0.05) is 18.1 Å². The molecular weight excluding hydrogens is 266 g/mol. The van der Waals surface area contributed by atoms with Gasteiger partial charge < -0.3 is 5.32 Å². The highest BCUT2D eigenvalue weighted by atomic mass is 32.2. The molecule has 0 atom stereocenters. The Bertz CT molecular complexity index is 682. The largest absolute Gasteiger partial charge is 0.322 e. The third-order valence-electron chi connectivity index (χ3n) is 2.36. The van der Waals surface area contributed by atoms with Crippen molar-refractivity contribution in [1.29, 1.82) is 0 Å². The standard InChI is InChI=1S/C12H11N3O3S/c13-19(17,18)11-5-3-10(4-6-11)15-12(16)9-2-1-7-14-8-9/h1-8H,(H,15,16)(H2,13,17,18). The number of hydrogen-bond acceptors (Lipinski definition) is 4. The molecular formula is C12H11N3O3S. The Labute approximate surface area is 110 Å². The second-order valence-corrected chi connectivity index (χ2v) is 5.33. The van der Waals surface area contributed by atoms with Crippen LogP contribution in [0.3, 0.4) is 0 Å². The van der Waals surface area contributed by atoms with Crippen LogP contribution in [0.4, 0.5) is 5.69 Å². The van der Waals surface area contributed by atoms with Crippen molar-refractivity contribution in [2.75, 3.05) is 5.32 Å². The Kier molecular flexibility index (Phi) is 3.59. The van der Waals surface area contributed by atoms with E-state index in [1.807, 2.05) is 0 Å². The third kappa shape index (κ3) is 3.36. The van der Waals surface area contributed by atoms with Gasteiger partial charge >= 0.3 is 0 Å². The summed E-state index contributed by atoms with van der Waals surface area (Å²) in [5.74, 6) is -0.323. The van der Waals surface area contributed by atoms with E-state index in [1.165, 1.54) is 30.5 Å². The summed E-state index contributed by atoms with van der Waals surface area (Å²) in [4.78, 5) is 15.6. The Morgan fingerprint density at radius 3 is 2.37 bits per heavy atom. The maximum absolute atomic E-state index is 11.8. The summed E-state index contributed by atoms with van der Waals surface area (Å²) in [7, 11) is -3.72. The Hall–Kier alpha value is -2.25. The molecule has 0 aliphatic heterocycles. The lowest BCUT2D eigenvalue weighted by Gasteiger charge is -2.05. The minimum absolute atomic E-state index is 0.00752. The minimum Gasteiger partial charge on any atom is -0.322 e. The van der Waals surface area contributed by atoms with Crippen LogP contribution in [0.25, 0.3) is 0 Å². The van der Waals surface area contributed by atoms with Gasteiger partial charge in [-0.25, -0.2) is 13.6 Å². The lowest BCUT2D eigenvalue weighted by molar-refractivity contribution is 0.102. The molecule has 0 saturated heterocycles. The summed E-state index contributed by atoms with van der Waals surface area (Å²) < 4.78 is 22.1. The zero-order valence-electron chi connectivity index (χ0n) is 9.78. The number of sulfonamides is 1. The second kappa shape index (κ2) is 5.17. The van der Waals surface area contributed by atoms with Gasteiger partial charge in [0.05, 0.1) is 10.5 Å². The fourth-order valence-electron chi connectivity index (χ4n) is 1.43. The molecule has 1 aromatic carbocycles. The van der Waals surface area contributed by atoms with Crippen LogP contribution in [-0.2, 0) is 10.0 Å². The summed E-state index contributed by atoms with van der Waals surface area (Å²) in [5.41, 5.74) is 0.888. The van der Waals surface area contributed by atoms with E-state index in [-0.39, 0.29) is 10.8 Å². The van der Waals surface area contributed by atoms with Crippen LogP contribution in [0.2, 0.25) is 0 Å². The molecule has 3 N–H and O–H groups in total. The first-order chi connectivity index (χ1) is 8.97. The number of nitrogens with zero attached hydrogens (tertiary/aromatic N) is 1. The molecule has 1 amide bonds. The molecule has 0 saturated carbocycles. The molecule has 1 aromatic heterocycles. The van der Waals surface area contributed by atoms with E-state index in [1.54, 1.807) is 18.3 Å². The summed E-state index contributed by atoms with van der Waals surface area (Å²) in [6.07, 6.45) is 3.01. The van der Waals surface area contributed by atoms with Crippen molar-refractivity contribution in [1.82, 2.24) is 4.98 Å². The highest BCUT2D eigenvalue weighted by Gasteiger charge is 2.09. The summed E-state index contributed by atoms with van der Waals surface area (Å²) in [6, 6.07) is 8.87. The zero-order chi connectivity index (χ0) is 13.9. The van der Waals surface area contributed by atoms with Crippen molar-refractivity contribution in [3.63, 3.8) is 0 Å². The number of primary sulfonamides is 1. The van der Waals surface area contributed by atoms with Crippen molar-refractivity contribution in [3.05, 3.63) is 54.4 Å². The number of rotatable bonds is 3. The van der Waals surface area contributed by atoms with E-state index in [4.69, 9.17) is 5.14 Å². The van der Waals surface area contributed by atoms with Crippen LogP contribution in [0.1, 0.15) is 10.4 Å². The zero-order valence-corrected chi connectivity index (χ0v) is 10.6. The van der Waals surface area contributed by atoms with Gasteiger partial charge in [-0.05, 0) is 36.4 Å². The average Bonchev–Trinajstić information content (AvgIpc) is 2.39. The fourth-order valence-corrected chi connectivity index (χ4v) is 1.94. The molecule has 6 nitrogen and oxygen atoms in total. The number of carbonyl (C=O) groups excluding carboxylic acids is 1. The van der Waals surface area contributed by atoms with Gasteiger partial charge in [-0.1, -0.05) is 0 Å². The first-order valence-electron chi connectivity index (χ1n) is 5.31. The molecule has 0 unspecified atom stereocenters. The number of anilines is 1. The van der Waals surface area contributed by atoms with Crippen molar-refractivity contribution in [2.45, 2.75) is 4.90 Å². The SMILES string of the molecule is NS(=O)(=O)c1ccc(NC(=O)c2cccnc2)cc1. The Balaban J connectivity index is 2.15. The number of amides is 1. The molecule has 98 valence electrons. The lowest BCUT2D eigenvalue weighted by Crippen LogP contribution is -2.13. The van der Waals surface area contributed by atoms with E-state index < -0.39 is 10.0 Å². The highest BCUT2D eigenvalue weighted by molar-refractivity contribution is 7.89.